The quantitative estimate of drug-likeness (QED) is 0.529. The summed E-state index contributed by atoms with van der Waals surface area (Å²) in [5.74, 6) is -1.34. The first-order valence-electron chi connectivity index (χ1n) is 2.57. The normalized spacial score (nSPS) is 31.1. The first-order chi connectivity index (χ1) is 4.25. The largest absolute Gasteiger partial charge is 0.481 e. The number of carboxylic acid groups (broad SMARTS) is 1. The molecule has 1 fully saturated rings. The van der Waals surface area contributed by atoms with E-state index >= 15 is 0 Å². The minimum absolute atomic E-state index is 0.285. The first-order valence-corrected chi connectivity index (χ1v) is 2.57. The molecule has 1 rings (SSSR count). The van der Waals surface area contributed by atoms with Crippen molar-refractivity contribution in [1.82, 2.24) is 0 Å². The van der Waals surface area contributed by atoms with Gasteiger partial charge in [-0.25, -0.2) is 0 Å². The van der Waals surface area contributed by atoms with E-state index in [1.165, 1.54) is 0 Å². The van der Waals surface area contributed by atoms with Gasteiger partial charge in [0.15, 0.2) is 0 Å². The molecular formula is C5H6O4. The first kappa shape index (κ1) is 6.07. The van der Waals surface area contributed by atoms with Gasteiger partial charge < -0.3 is 9.84 Å². The number of carbonyl (C=O) groups excluding carboxylic acids is 1. The van der Waals surface area contributed by atoms with E-state index in [0.717, 1.165) is 0 Å². The highest BCUT2D eigenvalue weighted by Crippen LogP contribution is 2.32. The fourth-order valence-electron chi connectivity index (χ4n) is 0.653. The molecule has 4 heteroatoms. The van der Waals surface area contributed by atoms with Gasteiger partial charge in [0.2, 0.25) is 0 Å². The SMILES string of the molecule is O=COC1CC1C(=O)O. The van der Waals surface area contributed by atoms with Gasteiger partial charge >= 0.3 is 5.97 Å². The molecule has 1 aliphatic carbocycles. The van der Waals surface area contributed by atoms with Crippen molar-refractivity contribution in [3.05, 3.63) is 0 Å². The summed E-state index contributed by atoms with van der Waals surface area (Å²) in [5.41, 5.74) is 0. The van der Waals surface area contributed by atoms with E-state index in [1.54, 1.807) is 0 Å². The van der Waals surface area contributed by atoms with Crippen LogP contribution in [0.3, 0.4) is 0 Å². The third-order valence-electron chi connectivity index (χ3n) is 1.28. The van der Waals surface area contributed by atoms with Gasteiger partial charge in [-0.3, -0.25) is 9.59 Å². The lowest BCUT2D eigenvalue weighted by atomic mass is 10.4. The van der Waals surface area contributed by atoms with Crippen LogP contribution in [0.25, 0.3) is 0 Å². The summed E-state index contributed by atoms with van der Waals surface area (Å²) < 4.78 is 4.37. The molecule has 50 valence electrons. The maximum Gasteiger partial charge on any atom is 0.310 e. The highest BCUT2D eigenvalue weighted by atomic mass is 16.5. The molecule has 1 N–H and O–H groups in total. The van der Waals surface area contributed by atoms with Gasteiger partial charge in [-0.1, -0.05) is 0 Å². The molecule has 0 spiro atoms. The molecule has 4 nitrogen and oxygen atoms in total. The minimum Gasteiger partial charge on any atom is -0.481 e. The average molecular weight is 130 g/mol. The summed E-state index contributed by atoms with van der Waals surface area (Å²) >= 11 is 0. The molecule has 0 bridgehead atoms. The Morgan fingerprint density at radius 1 is 1.78 bits per heavy atom. The maximum absolute atomic E-state index is 10.1. The Bertz CT molecular complexity index is 142. The third kappa shape index (κ3) is 1.19. The highest BCUT2D eigenvalue weighted by molar-refractivity contribution is 5.74. The lowest BCUT2D eigenvalue weighted by molar-refractivity contribution is -0.140. The van der Waals surface area contributed by atoms with Crippen molar-refractivity contribution >= 4 is 12.4 Å². The molecule has 9 heavy (non-hydrogen) atoms. The molecular weight excluding hydrogens is 124 g/mol. The van der Waals surface area contributed by atoms with Gasteiger partial charge in [-0.15, -0.1) is 0 Å². The Kier molecular flexibility index (Phi) is 1.38. The van der Waals surface area contributed by atoms with Crippen molar-refractivity contribution in [1.29, 1.82) is 0 Å². The molecule has 1 aliphatic rings. The smallest absolute Gasteiger partial charge is 0.310 e. The predicted molar refractivity (Wildman–Crippen MR) is 26.7 cm³/mol. The van der Waals surface area contributed by atoms with Crippen molar-refractivity contribution in [3.63, 3.8) is 0 Å². The molecule has 2 atom stereocenters. The van der Waals surface area contributed by atoms with Crippen molar-refractivity contribution in [2.24, 2.45) is 5.92 Å². The van der Waals surface area contributed by atoms with Crippen LogP contribution in [-0.2, 0) is 14.3 Å². The van der Waals surface area contributed by atoms with E-state index in [1.807, 2.05) is 0 Å². The molecule has 0 amide bonds. The third-order valence-corrected chi connectivity index (χ3v) is 1.28. The van der Waals surface area contributed by atoms with E-state index in [4.69, 9.17) is 5.11 Å². The van der Waals surface area contributed by atoms with Crippen LogP contribution in [0.15, 0.2) is 0 Å². The Morgan fingerprint density at radius 3 is 2.78 bits per heavy atom. The number of carboxylic acids is 1. The topological polar surface area (TPSA) is 63.6 Å². The Hall–Kier alpha value is -1.06. The number of carbonyl (C=O) groups is 2. The zero-order valence-electron chi connectivity index (χ0n) is 4.61. The zero-order valence-corrected chi connectivity index (χ0v) is 4.61. The van der Waals surface area contributed by atoms with Gasteiger partial charge in [-0.2, -0.15) is 0 Å². The van der Waals surface area contributed by atoms with Gasteiger partial charge in [0.25, 0.3) is 6.47 Å². The summed E-state index contributed by atoms with van der Waals surface area (Å²) in [6, 6.07) is 0. The summed E-state index contributed by atoms with van der Waals surface area (Å²) in [7, 11) is 0. The summed E-state index contributed by atoms with van der Waals surface area (Å²) in [6.45, 7) is 0.285. The molecule has 0 aromatic rings. The van der Waals surface area contributed by atoms with Gasteiger partial charge in [0, 0.05) is 6.42 Å². The van der Waals surface area contributed by atoms with Crippen LogP contribution < -0.4 is 0 Å². The molecule has 0 aromatic heterocycles. The predicted octanol–water partition coefficient (Wildman–Crippen LogP) is -0.367. The number of hydrogen-bond donors (Lipinski definition) is 1. The summed E-state index contributed by atoms with van der Waals surface area (Å²) in [4.78, 5) is 19.7. The lowest BCUT2D eigenvalue weighted by Crippen LogP contribution is -2.03. The fraction of sp³-hybridized carbons (Fsp3) is 0.600. The second-order valence-electron chi connectivity index (χ2n) is 1.95. The second kappa shape index (κ2) is 2.05. The van der Waals surface area contributed by atoms with Gasteiger partial charge in [0.1, 0.15) is 6.10 Å². The Balaban J connectivity index is 2.24. The Labute approximate surface area is 51.4 Å². The average Bonchev–Trinajstić information content (AvgIpc) is 2.47. The van der Waals surface area contributed by atoms with Crippen LogP contribution in [0.5, 0.6) is 0 Å². The van der Waals surface area contributed by atoms with E-state index in [-0.39, 0.29) is 12.6 Å². The highest BCUT2D eigenvalue weighted by Gasteiger charge is 2.45. The summed E-state index contributed by atoms with van der Waals surface area (Å²) in [6.07, 6.45) is 0.105. The molecule has 2 unspecified atom stereocenters. The van der Waals surface area contributed by atoms with Crippen LogP contribution in [-0.4, -0.2) is 23.7 Å². The number of rotatable bonds is 3. The van der Waals surface area contributed by atoms with Gasteiger partial charge in [-0.05, 0) is 0 Å². The molecule has 0 aliphatic heterocycles. The number of hydrogen-bond acceptors (Lipinski definition) is 3. The molecule has 0 heterocycles. The fourth-order valence-corrected chi connectivity index (χ4v) is 0.653. The number of aliphatic carboxylic acids is 1. The monoisotopic (exact) mass is 130 g/mol. The maximum atomic E-state index is 10.1. The van der Waals surface area contributed by atoms with Crippen molar-refractivity contribution < 1.29 is 19.4 Å². The minimum atomic E-state index is -0.887. The van der Waals surface area contributed by atoms with Crippen LogP contribution in [0, 0.1) is 5.92 Å². The van der Waals surface area contributed by atoms with Crippen LogP contribution in [0.2, 0.25) is 0 Å². The van der Waals surface area contributed by atoms with E-state index in [9.17, 15) is 9.59 Å². The molecule has 0 radical (unpaired) electrons. The van der Waals surface area contributed by atoms with E-state index in [2.05, 4.69) is 4.74 Å². The van der Waals surface area contributed by atoms with Crippen molar-refractivity contribution in [2.75, 3.05) is 0 Å². The van der Waals surface area contributed by atoms with Crippen LogP contribution >= 0.6 is 0 Å². The Morgan fingerprint density at radius 2 is 2.44 bits per heavy atom. The standard InChI is InChI=1S/C5H6O4/c6-2-9-4-1-3(4)5(7)8/h2-4H,1H2,(H,7,8). The zero-order chi connectivity index (χ0) is 6.85. The van der Waals surface area contributed by atoms with Crippen molar-refractivity contribution in [2.45, 2.75) is 12.5 Å². The van der Waals surface area contributed by atoms with Crippen LogP contribution in [0.4, 0.5) is 0 Å². The molecule has 0 aromatic carbocycles. The van der Waals surface area contributed by atoms with E-state index in [0.29, 0.717) is 6.42 Å². The van der Waals surface area contributed by atoms with E-state index < -0.39 is 11.9 Å². The molecule has 1 saturated carbocycles. The molecule has 0 saturated heterocycles. The van der Waals surface area contributed by atoms with Gasteiger partial charge in [0.05, 0.1) is 5.92 Å². The second-order valence-corrected chi connectivity index (χ2v) is 1.95. The van der Waals surface area contributed by atoms with Crippen LogP contribution in [0.1, 0.15) is 6.42 Å². The van der Waals surface area contributed by atoms with Crippen molar-refractivity contribution in [3.8, 4) is 0 Å². The summed E-state index contributed by atoms with van der Waals surface area (Å²) in [5, 5.41) is 8.25. The lowest BCUT2D eigenvalue weighted by Gasteiger charge is -1.89. The number of ether oxygens (including phenoxy) is 1.